The van der Waals surface area contributed by atoms with Crippen LogP contribution in [0, 0.1) is 17.8 Å². The molecule has 16 atom stereocenters. The molecule has 0 aliphatic carbocycles. The van der Waals surface area contributed by atoms with Gasteiger partial charge in [-0.05, 0) is 56.3 Å². The molecule has 15 N–H and O–H groups in total. The van der Waals surface area contributed by atoms with Gasteiger partial charge in [0.1, 0.15) is 54.7 Å². The van der Waals surface area contributed by atoms with Crippen LogP contribution >= 0.6 is 0 Å². The van der Waals surface area contributed by atoms with Gasteiger partial charge in [-0.25, -0.2) is 14.4 Å². The van der Waals surface area contributed by atoms with Crippen molar-refractivity contribution in [1.29, 1.82) is 0 Å². The van der Waals surface area contributed by atoms with Crippen LogP contribution in [0.3, 0.4) is 0 Å². The third-order valence-corrected chi connectivity index (χ3v) is 16.2. The fourth-order valence-corrected chi connectivity index (χ4v) is 9.57. The van der Waals surface area contributed by atoms with Crippen LogP contribution in [0.5, 0.6) is 0 Å². The molecule has 0 heterocycles. The summed E-state index contributed by atoms with van der Waals surface area (Å²) < 4.78 is 15.3. The van der Waals surface area contributed by atoms with Crippen molar-refractivity contribution in [2.24, 2.45) is 17.8 Å². The highest BCUT2D eigenvalue weighted by Crippen LogP contribution is 2.18. The maximum atomic E-state index is 12.6. The highest BCUT2D eigenvalue weighted by molar-refractivity contribution is 5.88. The molecule has 0 rings (SSSR count). The molecule has 0 saturated heterocycles. The van der Waals surface area contributed by atoms with Gasteiger partial charge in [-0.2, -0.15) is 0 Å². The van der Waals surface area contributed by atoms with Crippen LogP contribution < -0.4 is 16.0 Å². The number of carbonyl (C=O) groups excluding carboxylic acids is 6. The fourth-order valence-electron chi connectivity index (χ4n) is 9.57. The lowest BCUT2D eigenvalue weighted by Gasteiger charge is -2.28. The second-order valence-corrected chi connectivity index (χ2v) is 25.1. The van der Waals surface area contributed by atoms with Crippen LogP contribution in [0.25, 0.3) is 0 Å². The number of methoxy groups -OCH3 is 1. The lowest BCUT2D eigenvalue weighted by Crippen LogP contribution is -2.55. The minimum Gasteiger partial charge on any atom is -0.467 e. The summed E-state index contributed by atoms with van der Waals surface area (Å²) in [5, 5.41) is 125. The zero-order valence-corrected chi connectivity index (χ0v) is 57.9. The molecule has 0 spiro atoms. The van der Waals surface area contributed by atoms with Crippen LogP contribution in [0.4, 0.5) is 0 Å². The van der Waals surface area contributed by atoms with E-state index in [2.05, 4.69) is 34.5 Å². The van der Waals surface area contributed by atoms with Crippen LogP contribution in [-0.2, 0) is 43.0 Å². The summed E-state index contributed by atoms with van der Waals surface area (Å²) >= 11 is 0. The molecule has 0 fully saturated rings. The number of rotatable bonds is 52. The zero-order valence-electron chi connectivity index (χ0n) is 57.9. The first-order valence-corrected chi connectivity index (χ1v) is 34.5. The molecule has 0 aromatic carbocycles. The maximum absolute atomic E-state index is 12.6. The Morgan fingerprint density at radius 2 is 0.615 bits per heavy atom. The van der Waals surface area contributed by atoms with Gasteiger partial charge in [-0.15, -0.1) is 0 Å². The molecule has 0 bridgehead atoms. The van der Waals surface area contributed by atoms with Gasteiger partial charge in [0, 0.05) is 0 Å². The molecule has 540 valence electrons. The van der Waals surface area contributed by atoms with Crippen molar-refractivity contribution in [3.63, 3.8) is 0 Å². The molecule has 24 nitrogen and oxygen atoms in total. The average Bonchev–Trinajstić information content (AvgIpc) is 3.75. The van der Waals surface area contributed by atoms with Gasteiger partial charge in [-0.1, -0.05) is 224 Å². The Morgan fingerprint density at radius 3 is 0.879 bits per heavy atom. The Hall–Kier alpha value is -3.66. The van der Waals surface area contributed by atoms with Crippen molar-refractivity contribution < 1.29 is 104 Å². The Kier molecular flexibility index (Phi) is 57.0. The number of ether oxygens (including phenoxy) is 3. The minimum absolute atomic E-state index is 0.0824. The molecule has 4 unspecified atom stereocenters. The first-order chi connectivity index (χ1) is 43.0. The van der Waals surface area contributed by atoms with Gasteiger partial charge in [0.25, 0.3) is 17.7 Å². The second-order valence-electron chi connectivity index (χ2n) is 25.1. The van der Waals surface area contributed by atoms with E-state index in [-0.39, 0.29) is 50.2 Å². The summed E-state index contributed by atoms with van der Waals surface area (Å²) in [7, 11) is 1.18. The summed E-state index contributed by atoms with van der Waals surface area (Å²) in [5.74, 6) is -5.32. The zero-order chi connectivity index (χ0) is 70.0. The number of nitrogens with one attached hydrogen (secondary N) is 3. The molecule has 0 saturated carbocycles. The van der Waals surface area contributed by atoms with Crippen molar-refractivity contribution in [1.82, 2.24) is 16.0 Å². The molecule has 0 aliphatic rings. The highest BCUT2D eigenvalue weighted by atomic mass is 16.5. The van der Waals surface area contributed by atoms with E-state index in [1.807, 2.05) is 20.8 Å². The standard InChI is InChI=1S/C29H57NO7.C24H47NO7.C14H27NO7/c1-5-8-9-10-11-12-13-14-15-16-17-18-19-20-21-37-29(36)24(22(4)6-2)30-28(35)27(34)26(33)25(32)23(31)7-3;1-5-7-8-9-10-11-12-13-14-15-16-32-24(31)19(17(3)4)25-23(30)22(29)21(28)20(27)18(26)6-2;1-5-9(16)10(17)11(18)12(19)13(20)15-8(6-7(2)3)14(21)22-4/h22-27,31-34H,5-21H2,1-4H3,(H,30,35);17-22,26-29H,5-16H2,1-4H3,(H,25,30);7-12,16-19H,5-6H2,1-4H3,(H,15,20)/t22?,23-,24?,25-,26+,27-;18-,19?,20-,21+,22-;8?,9-,10-,11+,12-/m111/s1. The minimum atomic E-state index is -1.98. The molecular weight excluding hydrogens is 1180 g/mol. The van der Waals surface area contributed by atoms with Crippen LogP contribution in [0.2, 0.25) is 0 Å². The van der Waals surface area contributed by atoms with Gasteiger partial charge in [0.05, 0.1) is 38.6 Å². The number of carbonyl (C=O) groups is 6. The molecule has 0 aliphatic heterocycles. The SMILES string of the molecule is CCCCCCCCCCCCCCCCOC(=O)C(NC(=O)[C@H](O)[C@@H](O)[C@H](O)[C@H](O)CC)C(C)CC.CCCCCCCCCCCCOC(=O)C(NC(=O)[C@H](O)[C@@H](O)[C@H](O)[C@H](O)CC)C(C)C.CC[C@@H](O)[C@@H](O)[C@H](O)[C@@H](O)C(=O)NC(CC(C)C)C(=O)OC. The van der Waals surface area contributed by atoms with Crippen LogP contribution in [0.15, 0.2) is 0 Å². The highest BCUT2D eigenvalue weighted by Gasteiger charge is 2.39. The Labute approximate surface area is 545 Å². The summed E-state index contributed by atoms with van der Waals surface area (Å²) in [4.78, 5) is 73.2. The van der Waals surface area contributed by atoms with Gasteiger partial charge in [-0.3, -0.25) is 14.4 Å². The van der Waals surface area contributed by atoms with E-state index in [1.165, 1.54) is 123 Å². The van der Waals surface area contributed by atoms with Gasteiger partial charge >= 0.3 is 17.9 Å². The third kappa shape index (κ3) is 42.4. The molecule has 24 heteroatoms. The second kappa shape index (κ2) is 56.7. The van der Waals surface area contributed by atoms with Crippen molar-refractivity contribution >= 4 is 35.6 Å². The summed E-state index contributed by atoms with van der Waals surface area (Å²) in [6.07, 6.45) is 9.98. The first kappa shape index (κ1) is 91.5. The van der Waals surface area contributed by atoms with Crippen LogP contribution in [0.1, 0.15) is 262 Å². The molecular formula is C67H131N3O21. The van der Waals surface area contributed by atoms with E-state index in [9.17, 15) is 90.0 Å². The van der Waals surface area contributed by atoms with Crippen molar-refractivity contribution in [3.8, 4) is 0 Å². The van der Waals surface area contributed by atoms with Crippen molar-refractivity contribution in [3.05, 3.63) is 0 Å². The summed E-state index contributed by atoms with van der Waals surface area (Å²) in [5.41, 5.74) is 0. The average molecular weight is 1310 g/mol. The monoisotopic (exact) mass is 1310 g/mol. The molecule has 0 radical (unpaired) electrons. The van der Waals surface area contributed by atoms with Gasteiger partial charge in [0.2, 0.25) is 0 Å². The summed E-state index contributed by atoms with van der Waals surface area (Å²) in [6.45, 7) is 20.6. The smallest absolute Gasteiger partial charge is 0.328 e. The Bertz CT molecular complexity index is 1840. The van der Waals surface area contributed by atoms with E-state index in [0.717, 1.165) is 38.5 Å². The third-order valence-electron chi connectivity index (χ3n) is 16.2. The molecule has 3 amide bonds. The normalized spacial score (nSPS) is 16.8. The number of aliphatic hydroxyl groups is 12. The number of unbranched alkanes of at least 4 members (excludes halogenated alkanes) is 22. The van der Waals surface area contributed by atoms with Crippen LogP contribution in [-0.4, -0.2) is 209 Å². The molecule has 0 aromatic heterocycles. The van der Waals surface area contributed by atoms with Crippen molar-refractivity contribution in [2.75, 3.05) is 20.3 Å². The lowest BCUT2D eigenvalue weighted by atomic mass is 9.97. The van der Waals surface area contributed by atoms with E-state index in [1.54, 1.807) is 41.5 Å². The topological polar surface area (TPSA) is 409 Å². The Morgan fingerprint density at radius 1 is 0.341 bits per heavy atom. The molecule has 0 aromatic rings. The largest absolute Gasteiger partial charge is 0.467 e. The van der Waals surface area contributed by atoms with E-state index in [0.29, 0.717) is 12.8 Å². The quantitative estimate of drug-likeness (QED) is 0.0206. The predicted octanol–water partition coefficient (Wildman–Crippen LogP) is 5.38. The van der Waals surface area contributed by atoms with Gasteiger partial charge in [0.15, 0.2) is 18.3 Å². The van der Waals surface area contributed by atoms with Crippen molar-refractivity contribution in [2.45, 2.75) is 354 Å². The number of esters is 3. The number of amides is 3. The maximum Gasteiger partial charge on any atom is 0.328 e. The van der Waals surface area contributed by atoms with E-state index in [4.69, 9.17) is 9.47 Å². The van der Waals surface area contributed by atoms with Gasteiger partial charge < -0.3 is 91.4 Å². The number of aliphatic hydroxyl groups excluding tert-OH is 12. The first-order valence-electron chi connectivity index (χ1n) is 34.5. The number of hydrogen-bond acceptors (Lipinski definition) is 21. The molecule has 91 heavy (non-hydrogen) atoms. The van der Waals surface area contributed by atoms with E-state index >= 15 is 0 Å². The summed E-state index contributed by atoms with van der Waals surface area (Å²) in [6, 6.07) is -2.92. The van der Waals surface area contributed by atoms with E-state index < -0.39 is 127 Å². The lowest BCUT2D eigenvalue weighted by molar-refractivity contribution is -0.155. The Balaban J connectivity index is -0.00000132. The predicted molar refractivity (Wildman–Crippen MR) is 349 cm³/mol. The fraction of sp³-hybridized carbons (Fsp3) is 0.910. The number of hydrogen-bond donors (Lipinski definition) is 15.